The molecule has 5 nitrogen and oxygen atoms in total. The Hall–Kier alpha value is -3.83. The minimum Gasteiger partial charge on any atom is -0.378 e. The fourth-order valence-corrected chi connectivity index (χ4v) is 3.80. The van der Waals surface area contributed by atoms with Crippen molar-refractivity contribution in [1.82, 2.24) is 4.98 Å². The molecule has 0 saturated heterocycles. The monoisotopic (exact) mass is 410 g/mol. The van der Waals surface area contributed by atoms with Gasteiger partial charge >= 0.3 is 0 Å². The molecular weight excluding hydrogens is 384 g/mol. The van der Waals surface area contributed by atoms with Crippen molar-refractivity contribution in [2.45, 2.75) is 6.54 Å². The normalized spacial score (nSPS) is 11.2. The topological polar surface area (TPSA) is 74.2 Å². The number of nitrogens with one attached hydrogen (secondary N) is 2. The molecule has 1 heterocycles. The van der Waals surface area contributed by atoms with Gasteiger partial charge in [-0.3, -0.25) is 4.79 Å². The zero-order valence-corrected chi connectivity index (χ0v) is 17.7. The second-order valence-electron chi connectivity index (χ2n) is 7.61. The van der Waals surface area contributed by atoms with Gasteiger partial charge in [0.1, 0.15) is 6.29 Å². The highest BCUT2D eigenvalue weighted by Gasteiger charge is 2.12. The third kappa shape index (κ3) is 4.22. The predicted octanol–water partition coefficient (Wildman–Crippen LogP) is 5.15. The number of carbonyl (C=O) groups excluding carboxylic acids is 1. The number of hydrogen-bond donors (Lipinski definition) is 3. The summed E-state index contributed by atoms with van der Waals surface area (Å²) >= 11 is 0. The fraction of sp³-hybridized carbons (Fsp3) is 0.115. The average molecular weight is 411 g/mol. The molecule has 0 saturated carbocycles. The number of allylic oxidation sites excluding steroid dienone is 1. The van der Waals surface area contributed by atoms with Gasteiger partial charge < -0.3 is 20.9 Å². The van der Waals surface area contributed by atoms with E-state index in [0.29, 0.717) is 6.54 Å². The number of rotatable bonds is 7. The minimum atomic E-state index is 0.417. The zero-order valence-electron chi connectivity index (χ0n) is 17.7. The van der Waals surface area contributed by atoms with Crippen LogP contribution in [0.1, 0.15) is 5.56 Å². The van der Waals surface area contributed by atoms with Crippen LogP contribution in [0.3, 0.4) is 0 Å². The largest absolute Gasteiger partial charge is 0.378 e. The molecule has 0 atom stereocenters. The number of carbonyl (C=O) groups is 1. The molecule has 5 heteroatoms. The van der Waals surface area contributed by atoms with Gasteiger partial charge in [-0.15, -0.1) is 0 Å². The third-order valence-corrected chi connectivity index (χ3v) is 5.38. The lowest BCUT2D eigenvalue weighted by atomic mass is 9.96. The van der Waals surface area contributed by atoms with Crippen molar-refractivity contribution in [2.24, 2.45) is 5.73 Å². The Morgan fingerprint density at radius 1 is 1.00 bits per heavy atom. The van der Waals surface area contributed by atoms with Gasteiger partial charge in [0.2, 0.25) is 0 Å². The van der Waals surface area contributed by atoms with E-state index < -0.39 is 0 Å². The summed E-state index contributed by atoms with van der Waals surface area (Å²) in [4.78, 5) is 16.2. The number of benzene rings is 3. The van der Waals surface area contributed by atoms with Gasteiger partial charge in [-0.2, -0.15) is 0 Å². The second kappa shape index (κ2) is 8.90. The van der Waals surface area contributed by atoms with Crippen LogP contribution >= 0.6 is 0 Å². The molecule has 0 spiro atoms. The molecule has 0 unspecified atom stereocenters. The van der Waals surface area contributed by atoms with E-state index in [1.54, 1.807) is 6.20 Å². The summed E-state index contributed by atoms with van der Waals surface area (Å²) in [6.07, 6.45) is 3.77. The molecular formula is C26H26N4O. The van der Waals surface area contributed by atoms with E-state index in [1.807, 2.05) is 26.2 Å². The second-order valence-corrected chi connectivity index (χ2v) is 7.61. The SMILES string of the molecule is CN(C)c1cccc(-c2cc3c(-c4ccc(NC=CC=O)cc4CN)cccc3[nH]2)c1. The number of aromatic amines is 1. The van der Waals surface area contributed by atoms with Gasteiger partial charge in [-0.05, 0) is 64.7 Å². The van der Waals surface area contributed by atoms with E-state index in [4.69, 9.17) is 5.73 Å². The summed E-state index contributed by atoms with van der Waals surface area (Å²) in [6, 6.07) is 23.1. The van der Waals surface area contributed by atoms with Crippen molar-refractivity contribution in [2.75, 3.05) is 24.3 Å². The van der Waals surface area contributed by atoms with Crippen LogP contribution in [0.4, 0.5) is 11.4 Å². The first-order valence-electron chi connectivity index (χ1n) is 10.2. The van der Waals surface area contributed by atoms with Crippen LogP contribution in [-0.2, 0) is 11.3 Å². The summed E-state index contributed by atoms with van der Waals surface area (Å²) in [5.41, 5.74) is 14.7. The quantitative estimate of drug-likeness (QED) is 0.291. The highest BCUT2D eigenvalue weighted by molar-refractivity contribution is 5.99. The van der Waals surface area contributed by atoms with Gasteiger partial charge in [0.25, 0.3) is 0 Å². The average Bonchev–Trinajstić information content (AvgIpc) is 3.24. The summed E-state index contributed by atoms with van der Waals surface area (Å²) in [5, 5.41) is 4.26. The molecule has 4 N–H and O–H groups in total. The number of H-pyrrole nitrogens is 1. The standard InChI is InChI=1S/C26H26N4O/c1-30(2)21-7-3-6-18(15-21)26-16-24-23(8-4-9-25(24)29-26)22-11-10-20(14-19(22)17-27)28-12-5-13-31/h3-16,28-29H,17,27H2,1-2H3. The first-order chi connectivity index (χ1) is 15.1. The molecule has 31 heavy (non-hydrogen) atoms. The highest BCUT2D eigenvalue weighted by atomic mass is 16.1. The Labute approximate surface area is 182 Å². The van der Waals surface area contributed by atoms with E-state index >= 15 is 0 Å². The molecule has 1 aromatic heterocycles. The van der Waals surface area contributed by atoms with Crippen LogP contribution in [0.5, 0.6) is 0 Å². The van der Waals surface area contributed by atoms with Crippen LogP contribution in [0.25, 0.3) is 33.3 Å². The lowest BCUT2D eigenvalue weighted by molar-refractivity contribution is -0.104. The summed E-state index contributed by atoms with van der Waals surface area (Å²) < 4.78 is 0. The number of fused-ring (bicyclic) bond motifs is 1. The van der Waals surface area contributed by atoms with Crippen molar-refractivity contribution in [3.05, 3.63) is 84.6 Å². The van der Waals surface area contributed by atoms with Crippen molar-refractivity contribution in [3.8, 4) is 22.4 Å². The molecule has 3 aromatic carbocycles. The van der Waals surface area contributed by atoms with E-state index in [-0.39, 0.29) is 0 Å². The summed E-state index contributed by atoms with van der Waals surface area (Å²) in [5.74, 6) is 0. The van der Waals surface area contributed by atoms with E-state index in [2.05, 4.69) is 69.8 Å². The Morgan fingerprint density at radius 3 is 2.61 bits per heavy atom. The van der Waals surface area contributed by atoms with Crippen molar-refractivity contribution < 1.29 is 4.79 Å². The maximum absolute atomic E-state index is 10.5. The number of hydrogen-bond acceptors (Lipinski definition) is 4. The Kier molecular flexibility index (Phi) is 5.87. The lowest BCUT2D eigenvalue weighted by Crippen LogP contribution is -2.08. The minimum absolute atomic E-state index is 0.417. The zero-order chi connectivity index (χ0) is 21.8. The number of nitrogens with two attached hydrogens (primary N) is 1. The fourth-order valence-electron chi connectivity index (χ4n) is 3.80. The molecule has 0 aliphatic carbocycles. The number of aromatic nitrogens is 1. The van der Waals surface area contributed by atoms with Gasteiger partial charge in [0.05, 0.1) is 0 Å². The van der Waals surface area contributed by atoms with Gasteiger partial charge in [-0.1, -0.05) is 30.3 Å². The van der Waals surface area contributed by atoms with Crippen LogP contribution in [0.15, 0.2) is 79.0 Å². The summed E-state index contributed by atoms with van der Waals surface area (Å²) in [7, 11) is 4.09. The molecule has 0 bridgehead atoms. The summed E-state index contributed by atoms with van der Waals surface area (Å²) in [6.45, 7) is 0.417. The Morgan fingerprint density at radius 2 is 1.84 bits per heavy atom. The number of nitrogens with zero attached hydrogens (tertiary/aromatic N) is 1. The van der Waals surface area contributed by atoms with E-state index in [1.165, 1.54) is 6.08 Å². The first kappa shape index (κ1) is 20.4. The van der Waals surface area contributed by atoms with Gasteiger partial charge in [-0.25, -0.2) is 0 Å². The van der Waals surface area contributed by atoms with Crippen LogP contribution < -0.4 is 16.0 Å². The molecule has 0 amide bonds. The van der Waals surface area contributed by atoms with Crippen molar-refractivity contribution in [3.63, 3.8) is 0 Å². The van der Waals surface area contributed by atoms with Crippen LogP contribution in [-0.4, -0.2) is 25.4 Å². The third-order valence-electron chi connectivity index (χ3n) is 5.38. The molecule has 0 aliphatic heterocycles. The van der Waals surface area contributed by atoms with E-state index in [9.17, 15) is 4.79 Å². The maximum Gasteiger partial charge on any atom is 0.144 e. The maximum atomic E-state index is 10.5. The predicted molar refractivity (Wildman–Crippen MR) is 130 cm³/mol. The number of aldehydes is 1. The Balaban J connectivity index is 1.78. The molecule has 0 aliphatic rings. The van der Waals surface area contributed by atoms with E-state index in [0.717, 1.165) is 56.5 Å². The molecule has 156 valence electrons. The Bertz CT molecular complexity index is 1250. The highest BCUT2D eigenvalue weighted by Crippen LogP contribution is 2.35. The van der Waals surface area contributed by atoms with Gasteiger partial charge in [0.15, 0.2) is 0 Å². The number of anilines is 2. The molecule has 0 radical (unpaired) electrons. The van der Waals surface area contributed by atoms with Crippen molar-refractivity contribution in [1.29, 1.82) is 0 Å². The van der Waals surface area contributed by atoms with Crippen molar-refractivity contribution >= 4 is 28.6 Å². The van der Waals surface area contributed by atoms with Gasteiger partial charge in [0, 0.05) is 54.8 Å². The molecule has 4 rings (SSSR count). The van der Waals surface area contributed by atoms with Crippen LogP contribution in [0.2, 0.25) is 0 Å². The first-order valence-corrected chi connectivity index (χ1v) is 10.2. The lowest BCUT2D eigenvalue weighted by Gasteiger charge is -2.13. The van der Waals surface area contributed by atoms with Crippen LogP contribution in [0, 0.1) is 0 Å². The molecule has 4 aromatic rings. The smallest absolute Gasteiger partial charge is 0.144 e. The molecule has 0 fully saturated rings.